The number of nitrogens with one attached hydrogen (secondary N) is 2. The van der Waals surface area contributed by atoms with E-state index in [-0.39, 0.29) is 5.91 Å². The normalized spacial score (nSPS) is 11.1. The Balaban J connectivity index is 1.72. The highest BCUT2D eigenvalue weighted by molar-refractivity contribution is 7.92. The number of rotatable bonds is 5. The average molecular weight is 373 g/mol. The van der Waals surface area contributed by atoms with E-state index in [9.17, 15) is 13.2 Å². The number of amides is 1. The number of aromatic nitrogens is 1. The van der Waals surface area contributed by atoms with Crippen molar-refractivity contribution < 1.29 is 13.2 Å². The van der Waals surface area contributed by atoms with Crippen molar-refractivity contribution in [3.8, 4) is 11.3 Å². The van der Waals surface area contributed by atoms with E-state index in [1.807, 2.05) is 11.4 Å². The van der Waals surface area contributed by atoms with Crippen molar-refractivity contribution in [2.24, 2.45) is 0 Å². The Hall–Kier alpha value is -2.71. The SMILES string of the molecule is CS(=O)(=O)Nc1ccc(-c2csc(NC(=O)c3ccccc3)n2)cc1. The molecule has 3 aromatic rings. The fourth-order valence-electron chi connectivity index (χ4n) is 2.15. The topological polar surface area (TPSA) is 88.2 Å². The van der Waals surface area contributed by atoms with E-state index >= 15 is 0 Å². The molecule has 0 spiro atoms. The molecule has 128 valence electrons. The highest BCUT2D eigenvalue weighted by atomic mass is 32.2. The van der Waals surface area contributed by atoms with Crippen LogP contribution >= 0.6 is 11.3 Å². The predicted molar refractivity (Wildman–Crippen MR) is 100 cm³/mol. The standard InChI is InChI=1S/C17H15N3O3S2/c1-25(22,23)20-14-9-7-12(8-10-14)15-11-24-17(18-15)19-16(21)13-5-3-2-4-6-13/h2-11,20H,1H3,(H,18,19,21). The molecule has 0 unspecified atom stereocenters. The van der Waals surface area contributed by atoms with Gasteiger partial charge < -0.3 is 0 Å². The summed E-state index contributed by atoms with van der Waals surface area (Å²) in [7, 11) is -3.30. The minimum atomic E-state index is -3.30. The van der Waals surface area contributed by atoms with Crippen LogP contribution in [0.1, 0.15) is 10.4 Å². The maximum Gasteiger partial charge on any atom is 0.257 e. The summed E-state index contributed by atoms with van der Waals surface area (Å²) in [6.45, 7) is 0. The highest BCUT2D eigenvalue weighted by Crippen LogP contribution is 2.26. The number of benzene rings is 2. The molecule has 0 bridgehead atoms. The van der Waals surface area contributed by atoms with Crippen LogP contribution in [0.4, 0.5) is 10.8 Å². The number of hydrogen-bond donors (Lipinski definition) is 2. The molecule has 8 heteroatoms. The summed E-state index contributed by atoms with van der Waals surface area (Å²) in [6.07, 6.45) is 1.10. The van der Waals surface area contributed by atoms with Crippen molar-refractivity contribution in [1.29, 1.82) is 0 Å². The molecule has 0 atom stereocenters. The Labute approximate surface area is 149 Å². The largest absolute Gasteiger partial charge is 0.298 e. The third-order valence-corrected chi connectivity index (χ3v) is 4.61. The molecule has 0 aliphatic rings. The molecule has 2 aromatic carbocycles. The van der Waals surface area contributed by atoms with Crippen LogP contribution in [0.3, 0.4) is 0 Å². The van der Waals surface area contributed by atoms with E-state index in [4.69, 9.17) is 0 Å². The summed E-state index contributed by atoms with van der Waals surface area (Å²) in [5, 5.41) is 5.10. The highest BCUT2D eigenvalue weighted by Gasteiger charge is 2.10. The molecule has 6 nitrogen and oxygen atoms in total. The van der Waals surface area contributed by atoms with Gasteiger partial charge in [-0.05, 0) is 24.3 Å². The first kappa shape index (κ1) is 17.1. The van der Waals surface area contributed by atoms with Crippen molar-refractivity contribution in [1.82, 2.24) is 4.98 Å². The lowest BCUT2D eigenvalue weighted by atomic mass is 10.1. The van der Waals surface area contributed by atoms with Gasteiger partial charge in [0.1, 0.15) is 0 Å². The monoisotopic (exact) mass is 373 g/mol. The molecule has 3 rings (SSSR count). The van der Waals surface area contributed by atoms with Gasteiger partial charge >= 0.3 is 0 Å². The van der Waals surface area contributed by atoms with Crippen LogP contribution in [0.5, 0.6) is 0 Å². The van der Waals surface area contributed by atoms with Crippen molar-refractivity contribution in [2.45, 2.75) is 0 Å². The van der Waals surface area contributed by atoms with E-state index in [1.165, 1.54) is 11.3 Å². The lowest BCUT2D eigenvalue weighted by Gasteiger charge is -2.04. The van der Waals surface area contributed by atoms with Crippen LogP contribution in [0.25, 0.3) is 11.3 Å². The molecular weight excluding hydrogens is 358 g/mol. The fourth-order valence-corrected chi connectivity index (χ4v) is 3.42. The van der Waals surface area contributed by atoms with E-state index in [0.717, 1.165) is 11.8 Å². The summed E-state index contributed by atoms with van der Waals surface area (Å²) >= 11 is 1.33. The number of carbonyl (C=O) groups is 1. The van der Waals surface area contributed by atoms with Gasteiger partial charge in [0.05, 0.1) is 11.9 Å². The van der Waals surface area contributed by atoms with E-state index in [1.54, 1.807) is 48.5 Å². The second-order valence-corrected chi connectivity index (χ2v) is 7.92. The maximum atomic E-state index is 12.1. The zero-order valence-corrected chi connectivity index (χ0v) is 14.9. The van der Waals surface area contributed by atoms with Crippen LogP contribution in [0.2, 0.25) is 0 Å². The average Bonchev–Trinajstić information content (AvgIpc) is 3.03. The summed E-state index contributed by atoms with van der Waals surface area (Å²) < 4.78 is 24.8. The Morgan fingerprint density at radius 2 is 1.72 bits per heavy atom. The minimum absolute atomic E-state index is 0.214. The van der Waals surface area contributed by atoms with Gasteiger partial charge in [0.15, 0.2) is 5.13 Å². The minimum Gasteiger partial charge on any atom is -0.298 e. The molecule has 25 heavy (non-hydrogen) atoms. The number of sulfonamides is 1. The Morgan fingerprint density at radius 3 is 2.36 bits per heavy atom. The maximum absolute atomic E-state index is 12.1. The molecule has 0 radical (unpaired) electrons. The number of hydrogen-bond acceptors (Lipinski definition) is 5. The molecule has 0 aliphatic carbocycles. The molecule has 0 fully saturated rings. The third kappa shape index (κ3) is 4.65. The molecular formula is C17H15N3O3S2. The van der Waals surface area contributed by atoms with Crippen LogP contribution in [0.15, 0.2) is 60.0 Å². The summed E-state index contributed by atoms with van der Waals surface area (Å²) in [6, 6.07) is 15.8. The second-order valence-electron chi connectivity index (χ2n) is 5.31. The zero-order chi connectivity index (χ0) is 17.9. The number of thiazole rings is 1. The van der Waals surface area contributed by atoms with Crippen molar-refractivity contribution in [2.75, 3.05) is 16.3 Å². The predicted octanol–water partition coefficient (Wildman–Crippen LogP) is 3.43. The Morgan fingerprint density at radius 1 is 1.04 bits per heavy atom. The second kappa shape index (κ2) is 7.04. The van der Waals surface area contributed by atoms with Gasteiger partial charge in [-0.2, -0.15) is 0 Å². The van der Waals surface area contributed by atoms with Crippen molar-refractivity contribution in [3.05, 3.63) is 65.5 Å². The van der Waals surface area contributed by atoms with Crippen molar-refractivity contribution >= 4 is 38.1 Å². The molecule has 0 saturated heterocycles. The molecule has 0 aliphatic heterocycles. The van der Waals surface area contributed by atoms with Crippen LogP contribution in [-0.2, 0) is 10.0 Å². The van der Waals surface area contributed by atoms with Gasteiger partial charge in [-0.25, -0.2) is 13.4 Å². The quantitative estimate of drug-likeness (QED) is 0.717. The number of nitrogens with zero attached hydrogens (tertiary/aromatic N) is 1. The van der Waals surface area contributed by atoms with Crippen LogP contribution in [-0.4, -0.2) is 25.6 Å². The lowest BCUT2D eigenvalue weighted by molar-refractivity contribution is 0.102. The van der Waals surface area contributed by atoms with Gasteiger partial charge in [0.2, 0.25) is 10.0 Å². The first-order valence-corrected chi connectivity index (χ1v) is 10.1. The number of anilines is 2. The van der Waals surface area contributed by atoms with Gasteiger partial charge in [-0.15, -0.1) is 11.3 Å². The summed E-state index contributed by atoms with van der Waals surface area (Å²) in [5.41, 5.74) is 2.59. The first-order valence-electron chi connectivity index (χ1n) is 7.31. The van der Waals surface area contributed by atoms with Crippen molar-refractivity contribution in [3.63, 3.8) is 0 Å². The Kier molecular flexibility index (Phi) is 4.82. The van der Waals surface area contributed by atoms with Crippen LogP contribution in [0, 0.1) is 0 Å². The zero-order valence-electron chi connectivity index (χ0n) is 13.3. The van der Waals surface area contributed by atoms with Gasteiger partial charge in [0, 0.05) is 22.2 Å². The summed E-state index contributed by atoms with van der Waals surface area (Å²) in [5.74, 6) is -0.214. The molecule has 1 aromatic heterocycles. The third-order valence-electron chi connectivity index (χ3n) is 3.24. The first-order chi connectivity index (χ1) is 11.9. The molecule has 1 heterocycles. The number of carbonyl (C=O) groups excluding carboxylic acids is 1. The smallest absolute Gasteiger partial charge is 0.257 e. The van der Waals surface area contributed by atoms with E-state index < -0.39 is 10.0 Å². The van der Waals surface area contributed by atoms with Gasteiger partial charge in [-0.3, -0.25) is 14.8 Å². The molecule has 1 amide bonds. The van der Waals surface area contributed by atoms with E-state index in [0.29, 0.717) is 22.1 Å². The fraction of sp³-hybridized carbons (Fsp3) is 0.0588. The Bertz CT molecular complexity index is 981. The van der Waals surface area contributed by atoms with Gasteiger partial charge in [-0.1, -0.05) is 30.3 Å². The molecule has 2 N–H and O–H groups in total. The lowest BCUT2D eigenvalue weighted by Crippen LogP contribution is -2.11. The van der Waals surface area contributed by atoms with Gasteiger partial charge in [0.25, 0.3) is 5.91 Å². The van der Waals surface area contributed by atoms with Crippen LogP contribution < -0.4 is 10.0 Å². The summed E-state index contributed by atoms with van der Waals surface area (Å²) in [4.78, 5) is 16.5. The van der Waals surface area contributed by atoms with E-state index in [2.05, 4.69) is 15.0 Å². The molecule has 0 saturated carbocycles.